The van der Waals surface area contributed by atoms with E-state index in [2.05, 4.69) is 10.1 Å². The number of carbonyl (C=O) groups is 1. The number of esters is 1. The van der Waals surface area contributed by atoms with Crippen molar-refractivity contribution >= 4 is 5.97 Å². The minimum absolute atomic E-state index is 0.217. The van der Waals surface area contributed by atoms with Gasteiger partial charge in [-0.05, 0) is 19.1 Å². The summed E-state index contributed by atoms with van der Waals surface area (Å²) in [7, 11) is 1.37. The van der Waals surface area contributed by atoms with Gasteiger partial charge in [0.1, 0.15) is 6.54 Å². The highest BCUT2D eigenvalue weighted by atomic mass is 16.5. The Labute approximate surface area is 95.0 Å². The molecule has 0 spiro atoms. The fourth-order valence-corrected chi connectivity index (χ4v) is 1.38. The third-order valence-corrected chi connectivity index (χ3v) is 2.20. The molecule has 1 heterocycles. The van der Waals surface area contributed by atoms with Gasteiger partial charge in [-0.1, -0.05) is 0 Å². The van der Waals surface area contributed by atoms with Gasteiger partial charge in [0.2, 0.25) is 0 Å². The molecule has 0 aliphatic heterocycles. The second-order valence-corrected chi connectivity index (χ2v) is 3.68. The maximum absolute atomic E-state index is 11.1. The first-order valence-electron chi connectivity index (χ1n) is 5.23. The molecule has 5 nitrogen and oxygen atoms in total. The van der Waals surface area contributed by atoms with Gasteiger partial charge in [0.15, 0.2) is 0 Å². The molecule has 1 aromatic heterocycles. The number of hydrogen-bond acceptors (Lipinski definition) is 4. The van der Waals surface area contributed by atoms with Crippen molar-refractivity contribution in [3.63, 3.8) is 0 Å². The molecule has 16 heavy (non-hydrogen) atoms. The molecule has 0 aromatic carbocycles. The van der Waals surface area contributed by atoms with Crippen LogP contribution in [0.5, 0.6) is 0 Å². The lowest BCUT2D eigenvalue weighted by molar-refractivity contribution is -0.141. The third kappa shape index (κ3) is 4.04. The maximum atomic E-state index is 11.1. The fraction of sp³-hybridized carbons (Fsp3) is 0.545. The molecule has 1 aromatic rings. The van der Waals surface area contributed by atoms with E-state index in [0.29, 0.717) is 13.1 Å². The summed E-state index contributed by atoms with van der Waals surface area (Å²) in [5, 5.41) is 12.2. The average Bonchev–Trinajstić information content (AvgIpc) is 2.65. The van der Waals surface area contributed by atoms with Crippen LogP contribution in [0, 0.1) is 0 Å². The van der Waals surface area contributed by atoms with Gasteiger partial charge in [-0.25, -0.2) is 0 Å². The third-order valence-electron chi connectivity index (χ3n) is 2.20. The predicted molar refractivity (Wildman–Crippen MR) is 59.8 cm³/mol. The van der Waals surface area contributed by atoms with E-state index in [1.165, 1.54) is 7.11 Å². The van der Waals surface area contributed by atoms with Gasteiger partial charge >= 0.3 is 5.97 Å². The summed E-state index contributed by atoms with van der Waals surface area (Å²) < 4.78 is 6.42. The lowest BCUT2D eigenvalue weighted by Crippen LogP contribution is -2.25. The average molecular weight is 226 g/mol. The minimum atomic E-state index is -0.371. The van der Waals surface area contributed by atoms with Crippen LogP contribution in [0.15, 0.2) is 18.3 Å². The van der Waals surface area contributed by atoms with Gasteiger partial charge in [-0.15, -0.1) is 0 Å². The number of rotatable bonds is 6. The SMILES string of the molecule is COC(=O)Cn1cccc1CNC[C@@H](C)O. The highest BCUT2D eigenvalue weighted by Crippen LogP contribution is 2.02. The number of ether oxygens (including phenoxy) is 1. The Hall–Kier alpha value is -1.33. The smallest absolute Gasteiger partial charge is 0.325 e. The van der Waals surface area contributed by atoms with Crippen molar-refractivity contribution in [1.82, 2.24) is 9.88 Å². The zero-order valence-corrected chi connectivity index (χ0v) is 9.64. The molecule has 5 heteroatoms. The Morgan fingerprint density at radius 1 is 1.69 bits per heavy atom. The van der Waals surface area contributed by atoms with E-state index in [0.717, 1.165) is 5.69 Å². The van der Waals surface area contributed by atoms with Crippen LogP contribution in [0.4, 0.5) is 0 Å². The zero-order valence-electron chi connectivity index (χ0n) is 9.64. The van der Waals surface area contributed by atoms with Gasteiger partial charge in [0.05, 0.1) is 13.2 Å². The summed E-state index contributed by atoms with van der Waals surface area (Å²) in [6, 6.07) is 3.81. The quantitative estimate of drug-likeness (QED) is 0.677. The molecule has 0 unspecified atom stereocenters. The summed E-state index contributed by atoms with van der Waals surface area (Å²) >= 11 is 0. The van der Waals surface area contributed by atoms with Crippen molar-refractivity contribution < 1.29 is 14.6 Å². The number of aliphatic hydroxyl groups is 1. The second-order valence-electron chi connectivity index (χ2n) is 3.68. The molecule has 2 N–H and O–H groups in total. The first kappa shape index (κ1) is 12.7. The molecule has 0 bridgehead atoms. The first-order chi connectivity index (χ1) is 7.63. The molecule has 1 rings (SSSR count). The lowest BCUT2D eigenvalue weighted by atomic mass is 10.3. The Morgan fingerprint density at radius 2 is 2.44 bits per heavy atom. The van der Waals surface area contributed by atoms with Crippen LogP contribution < -0.4 is 5.32 Å². The van der Waals surface area contributed by atoms with Crippen molar-refractivity contribution in [3.8, 4) is 0 Å². The van der Waals surface area contributed by atoms with Crippen molar-refractivity contribution in [3.05, 3.63) is 24.0 Å². The normalized spacial score (nSPS) is 12.4. The van der Waals surface area contributed by atoms with Crippen LogP contribution >= 0.6 is 0 Å². The number of methoxy groups -OCH3 is 1. The molecule has 90 valence electrons. The van der Waals surface area contributed by atoms with E-state index < -0.39 is 0 Å². The van der Waals surface area contributed by atoms with Gasteiger partial charge < -0.3 is 19.7 Å². The highest BCUT2D eigenvalue weighted by Gasteiger charge is 2.06. The topological polar surface area (TPSA) is 63.5 Å². The van der Waals surface area contributed by atoms with Crippen molar-refractivity contribution in [2.75, 3.05) is 13.7 Å². The molecule has 0 fully saturated rings. The number of aromatic nitrogens is 1. The number of nitrogens with zero attached hydrogens (tertiary/aromatic N) is 1. The van der Waals surface area contributed by atoms with Crippen LogP contribution in [-0.2, 0) is 22.6 Å². The predicted octanol–water partition coefficient (Wildman–Crippen LogP) is 0.132. The van der Waals surface area contributed by atoms with Crippen molar-refractivity contribution in [1.29, 1.82) is 0 Å². The fourth-order valence-electron chi connectivity index (χ4n) is 1.38. The van der Waals surface area contributed by atoms with Crippen LogP contribution in [-0.4, -0.2) is 35.4 Å². The lowest BCUT2D eigenvalue weighted by Gasteiger charge is -2.10. The molecule has 0 saturated carbocycles. The summed E-state index contributed by atoms with van der Waals surface area (Å²) in [5.41, 5.74) is 0.992. The molecular formula is C11H18N2O3. The number of nitrogens with one attached hydrogen (secondary N) is 1. The van der Waals surface area contributed by atoms with Crippen LogP contribution in [0.2, 0.25) is 0 Å². The molecule has 1 atom stereocenters. The van der Waals surface area contributed by atoms with Gasteiger partial charge in [-0.3, -0.25) is 4.79 Å². The van der Waals surface area contributed by atoms with Crippen molar-refractivity contribution in [2.45, 2.75) is 26.1 Å². The van der Waals surface area contributed by atoms with Crippen LogP contribution in [0.3, 0.4) is 0 Å². The summed E-state index contributed by atoms with van der Waals surface area (Å²) in [6.07, 6.45) is 1.46. The van der Waals surface area contributed by atoms with Crippen LogP contribution in [0.25, 0.3) is 0 Å². The number of hydrogen-bond donors (Lipinski definition) is 2. The first-order valence-corrected chi connectivity index (χ1v) is 5.23. The summed E-state index contributed by atoms with van der Waals surface area (Å²) in [6.45, 7) is 3.09. The summed E-state index contributed by atoms with van der Waals surface area (Å²) in [4.78, 5) is 11.1. The largest absolute Gasteiger partial charge is 0.468 e. The Bertz CT molecular complexity index is 334. The Balaban J connectivity index is 2.47. The molecule has 0 saturated heterocycles. The molecule has 0 amide bonds. The monoisotopic (exact) mass is 226 g/mol. The van der Waals surface area contributed by atoms with E-state index in [4.69, 9.17) is 5.11 Å². The van der Waals surface area contributed by atoms with Gasteiger partial charge in [-0.2, -0.15) is 0 Å². The van der Waals surface area contributed by atoms with E-state index in [1.807, 2.05) is 22.9 Å². The number of carbonyl (C=O) groups excluding carboxylic acids is 1. The molecule has 0 radical (unpaired) electrons. The Morgan fingerprint density at radius 3 is 3.06 bits per heavy atom. The molecular weight excluding hydrogens is 208 g/mol. The van der Waals surface area contributed by atoms with Crippen molar-refractivity contribution in [2.24, 2.45) is 0 Å². The van der Waals surface area contributed by atoms with E-state index in [1.54, 1.807) is 6.92 Å². The zero-order chi connectivity index (χ0) is 12.0. The van der Waals surface area contributed by atoms with E-state index in [-0.39, 0.29) is 18.6 Å². The highest BCUT2D eigenvalue weighted by molar-refractivity contribution is 5.69. The van der Waals surface area contributed by atoms with E-state index >= 15 is 0 Å². The van der Waals surface area contributed by atoms with E-state index in [9.17, 15) is 4.79 Å². The summed E-state index contributed by atoms with van der Waals surface area (Å²) in [5.74, 6) is -0.270. The Kier molecular flexibility index (Phi) is 5.01. The molecule has 0 aliphatic carbocycles. The standard InChI is InChI=1S/C11H18N2O3/c1-9(14)6-12-7-10-4-3-5-13(10)8-11(15)16-2/h3-5,9,12,14H,6-8H2,1-2H3/t9-/m1/s1. The van der Waals surface area contributed by atoms with Gasteiger partial charge in [0.25, 0.3) is 0 Å². The van der Waals surface area contributed by atoms with Gasteiger partial charge in [0, 0.05) is 25.0 Å². The second kappa shape index (κ2) is 6.30. The number of aliphatic hydroxyl groups excluding tert-OH is 1. The molecule has 0 aliphatic rings. The minimum Gasteiger partial charge on any atom is -0.468 e. The van der Waals surface area contributed by atoms with Crippen LogP contribution in [0.1, 0.15) is 12.6 Å². The maximum Gasteiger partial charge on any atom is 0.325 e.